The van der Waals surface area contributed by atoms with Crippen LogP contribution in [0.3, 0.4) is 0 Å². The molecule has 0 spiro atoms. The van der Waals surface area contributed by atoms with Crippen molar-refractivity contribution in [2.24, 2.45) is 5.92 Å². The van der Waals surface area contributed by atoms with Crippen LogP contribution < -0.4 is 10.6 Å². The van der Waals surface area contributed by atoms with Crippen LogP contribution in [0.1, 0.15) is 65.6 Å². The third-order valence-electron chi connectivity index (χ3n) is 4.69. The number of ether oxygens (including phenoxy) is 1. The number of carbonyl (C=O) groups excluding carboxylic acids is 3. The molecule has 2 unspecified atom stereocenters. The average molecular weight is 446 g/mol. The predicted octanol–water partition coefficient (Wildman–Crippen LogP) is 4.12. The highest BCUT2D eigenvalue weighted by atomic mass is 16.6. The fourth-order valence-corrected chi connectivity index (χ4v) is 3.30. The lowest BCUT2D eigenvalue weighted by molar-refractivity contribution is -0.142. The molecule has 178 valence electrons. The number of nitrogens with zero attached hydrogens (tertiary/aromatic N) is 1. The van der Waals surface area contributed by atoms with Crippen molar-refractivity contribution < 1.29 is 19.1 Å². The van der Waals surface area contributed by atoms with Gasteiger partial charge in [0.15, 0.2) is 0 Å². The third-order valence-corrected chi connectivity index (χ3v) is 4.69. The number of benzene rings is 1. The number of hydrogen-bond acceptors (Lipinski definition) is 4. The van der Waals surface area contributed by atoms with Crippen molar-refractivity contribution in [2.45, 2.75) is 79.1 Å². The monoisotopic (exact) mass is 445 g/mol. The van der Waals surface area contributed by atoms with Crippen molar-refractivity contribution in [1.82, 2.24) is 15.5 Å². The Hall–Kier alpha value is -2.83. The van der Waals surface area contributed by atoms with E-state index in [4.69, 9.17) is 4.74 Å². The van der Waals surface area contributed by atoms with Gasteiger partial charge in [-0.2, -0.15) is 0 Å². The summed E-state index contributed by atoms with van der Waals surface area (Å²) in [6, 6.07) is 5.63. The molecule has 0 radical (unpaired) electrons. The number of nitrogens with one attached hydrogen (secondary N) is 2. The molecule has 2 atom stereocenters. The van der Waals surface area contributed by atoms with Gasteiger partial charge in [0, 0.05) is 12.6 Å². The molecule has 0 saturated heterocycles. The fraction of sp³-hybridized carbons (Fsp3) is 0.560. The molecular formula is C25H39N3O4. The maximum Gasteiger partial charge on any atom is 0.408 e. The number of aryl methyl sites for hydroxylation is 1. The van der Waals surface area contributed by atoms with Crippen molar-refractivity contribution in [3.05, 3.63) is 48.0 Å². The van der Waals surface area contributed by atoms with E-state index in [0.29, 0.717) is 0 Å². The van der Waals surface area contributed by atoms with Crippen molar-refractivity contribution in [3.63, 3.8) is 0 Å². The van der Waals surface area contributed by atoms with Crippen LogP contribution in [0.15, 0.2) is 36.9 Å². The van der Waals surface area contributed by atoms with E-state index in [1.165, 1.54) is 4.90 Å². The number of amides is 3. The van der Waals surface area contributed by atoms with E-state index in [-0.39, 0.29) is 30.3 Å². The van der Waals surface area contributed by atoms with Crippen LogP contribution in [0, 0.1) is 12.8 Å². The van der Waals surface area contributed by atoms with E-state index in [2.05, 4.69) is 17.2 Å². The summed E-state index contributed by atoms with van der Waals surface area (Å²) in [5.74, 6) is -0.893. The van der Waals surface area contributed by atoms with Crippen LogP contribution in [0.25, 0.3) is 0 Å². The van der Waals surface area contributed by atoms with Crippen LogP contribution >= 0.6 is 0 Å². The predicted molar refractivity (Wildman–Crippen MR) is 127 cm³/mol. The zero-order valence-electron chi connectivity index (χ0n) is 20.7. The summed E-state index contributed by atoms with van der Waals surface area (Å²) in [6.07, 6.45) is 0.902. The second-order valence-corrected chi connectivity index (χ2v) is 9.57. The molecule has 2 N–H and O–H groups in total. The van der Waals surface area contributed by atoms with Gasteiger partial charge in [-0.15, -0.1) is 6.58 Å². The Labute approximate surface area is 192 Å². The van der Waals surface area contributed by atoms with E-state index in [1.54, 1.807) is 26.8 Å². The van der Waals surface area contributed by atoms with E-state index < -0.39 is 23.8 Å². The lowest BCUT2D eigenvalue weighted by atomic mass is 9.96. The second-order valence-electron chi connectivity index (χ2n) is 9.57. The highest BCUT2D eigenvalue weighted by Crippen LogP contribution is 2.26. The van der Waals surface area contributed by atoms with Crippen LogP contribution in [-0.2, 0) is 14.3 Å². The SMILES string of the molecule is C=CCN(C(=O)C(NC(=O)OC(C)(C)C)C(C)C)C(C(=O)NC(C)C)c1ccccc1C. The Bertz CT molecular complexity index is 812. The molecule has 0 saturated carbocycles. The summed E-state index contributed by atoms with van der Waals surface area (Å²) in [6.45, 7) is 18.5. The highest BCUT2D eigenvalue weighted by molar-refractivity contribution is 5.92. The van der Waals surface area contributed by atoms with E-state index in [9.17, 15) is 14.4 Å². The van der Waals surface area contributed by atoms with E-state index in [0.717, 1.165) is 11.1 Å². The quantitative estimate of drug-likeness (QED) is 0.560. The van der Waals surface area contributed by atoms with E-state index in [1.807, 2.05) is 58.9 Å². The topological polar surface area (TPSA) is 87.7 Å². The lowest BCUT2D eigenvalue weighted by Crippen LogP contribution is -2.55. The minimum atomic E-state index is -0.872. The molecule has 0 aromatic heterocycles. The zero-order chi connectivity index (χ0) is 24.6. The molecule has 7 nitrogen and oxygen atoms in total. The van der Waals surface area contributed by atoms with Crippen molar-refractivity contribution in [1.29, 1.82) is 0 Å². The number of rotatable bonds is 9. The largest absolute Gasteiger partial charge is 0.444 e. The summed E-state index contributed by atoms with van der Waals surface area (Å²) < 4.78 is 5.35. The van der Waals surface area contributed by atoms with E-state index >= 15 is 0 Å². The minimum absolute atomic E-state index is 0.101. The van der Waals surface area contributed by atoms with Gasteiger partial charge in [-0.1, -0.05) is 44.2 Å². The fourth-order valence-electron chi connectivity index (χ4n) is 3.30. The molecule has 7 heteroatoms. The summed E-state index contributed by atoms with van der Waals surface area (Å²) >= 11 is 0. The third kappa shape index (κ3) is 8.02. The summed E-state index contributed by atoms with van der Waals surface area (Å²) in [5.41, 5.74) is 0.913. The van der Waals surface area contributed by atoms with Crippen LogP contribution in [0.2, 0.25) is 0 Å². The Morgan fingerprint density at radius 3 is 2.16 bits per heavy atom. The normalized spacial score (nSPS) is 13.3. The van der Waals surface area contributed by atoms with Gasteiger partial charge in [-0.25, -0.2) is 4.79 Å². The first-order valence-corrected chi connectivity index (χ1v) is 11.0. The highest BCUT2D eigenvalue weighted by Gasteiger charge is 2.37. The molecule has 32 heavy (non-hydrogen) atoms. The molecule has 3 amide bonds. The molecule has 0 heterocycles. The van der Waals surface area contributed by atoms with Gasteiger partial charge in [0.1, 0.15) is 17.7 Å². The first-order valence-electron chi connectivity index (χ1n) is 11.0. The molecule has 0 aliphatic heterocycles. The maximum absolute atomic E-state index is 13.7. The average Bonchev–Trinajstić information content (AvgIpc) is 2.64. The molecule has 0 aliphatic rings. The Kier molecular flexibility index (Phi) is 9.94. The number of hydrogen-bond donors (Lipinski definition) is 2. The molecular weight excluding hydrogens is 406 g/mol. The molecule has 1 rings (SSSR count). The van der Waals surface area contributed by atoms with Gasteiger partial charge in [-0.05, 0) is 58.6 Å². The van der Waals surface area contributed by atoms with Crippen LogP contribution in [0.5, 0.6) is 0 Å². The first-order chi connectivity index (χ1) is 14.8. The lowest BCUT2D eigenvalue weighted by Gasteiger charge is -2.35. The standard InChI is InChI=1S/C25H39N3O4/c1-10-15-28(23(30)20(16(2)3)27-24(31)32-25(7,8)9)21(22(29)26-17(4)5)19-14-12-11-13-18(19)6/h10-14,16-17,20-21H,1,15H2,2-9H3,(H,26,29)(H,27,31). The van der Waals surface area contributed by atoms with Crippen LogP contribution in [0.4, 0.5) is 4.79 Å². The van der Waals surface area contributed by atoms with Gasteiger partial charge in [-0.3, -0.25) is 9.59 Å². The maximum atomic E-state index is 13.7. The molecule has 1 aromatic rings. The molecule has 0 bridgehead atoms. The zero-order valence-corrected chi connectivity index (χ0v) is 20.7. The van der Waals surface area contributed by atoms with Crippen LogP contribution in [-0.4, -0.2) is 47.0 Å². The van der Waals surface area contributed by atoms with Gasteiger partial charge in [0.05, 0.1) is 0 Å². The Morgan fingerprint density at radius 1 is 1.09 bits per heavy atom. The molecule has 1 aromatic carbocycles. The van der Waals surface area contributed by atoms with Gasteiger partial charge < -0.3 is 20.3 Å². The minimum Gasteiger partial charge on any atom is -0.444 e. The summed E-state index contributed by atoms with van der Waals surface area (Å²) in [7, 11) is 0. The number of alkyl carbamates (subject to hydrolysis) is 1. The summed E-state index contributed by atoms with van der Waals surface area (Å²) in [5, 5.41) is 5.62. The van der Waals surface area contributed by atoms with Crippen molar-refractivity contribution in [3.8, 4) is 0 Å². The summed E-state index contributed by atoms with van der Waals surface area (Å²) in [4.78, 5) is 40.9. The second kappa shape index (κ2) is 11.7. The van der Waals surface area contributed by atoms with Crippen molar-refractivity contribution in [2.75, 3.05) is 6.54 Å². The smallest absolute Gasteiger partial charge is 0.408 e. The molecule has 0 fully saturated rings. The number of carbonyl (C=O) groups is 3. The molecule has 0 aliphatic carbocycles. The van der Waals surface area contributed by atoms with Gasteiger partial charge >= 0.3 is 6.09 Å². The Morgan fingerprint density at radius 2 is 1.69 bits per heavy atom. The van der Waals surface area contributed by atoms with Gasteiger partial charge in [0.2, 0.25) is 11.8 Å². The van der Waals surface area contributed by atoms with Gasteiger partial charge in [0.25, 0.3) is 0 Å². The Balaban J connectivity index is 3.42. The first kappa shape index (κ1) is 27.2. The van der Waals surface area contributed by atoms with Crippen molar-refractivity contribution >= 4 is 17.9 Å².